The normalized spacial score (nSPS) is 16.9. The van der Waals surface area contributed by atoms with Gasteiger partial charge in [-0.3, -0.25) is 0 Å². The minimum absolute atomic E-state index is 0.365. The third kappa shape index (κ3) is 6.32. The smallest absolute Gasteiger partial charge is 0.0483 e. The Morgan fingerprint density at radius 2 is 1.55 bits per heavy atom. The van der Waals surface area contributed by atoms with Crippen LogP contribution in [0, 0.1) is 5.92 Å². The van der Waals surface area contributed by atoms with Gasteiger partial charge in [-0.25, -0.2) is 0 Å². The highest BCUT2D eigenvalue weighted by molar-refractivity contribution is 4.74. The first kappa shape index (κ1) is 13.5. The number of hydrogen-bond acceptors (Lipinski definition) is 2. The molecule has 2 heteroatoms. The molecule has 0 amide bonds. The molecule has 0 spiro atoms. The largest absolute Gasteiger partial charge is 0.396 e. The summed E-state index contributed by atoms with van der Waals surface area (Å²) in [5.41, 5.74) is 0. The van der Waals surface area contributed by atoms with E-state index in [-0.39, 0.29) is 0 Å². The van der Waals surface area contributed by atoms with E-state index < -0.39 is 0 Å². The topological polar surface area (TPSA) is 23.5 Å². The first-order valence-corrected chi connectivity index (χ1v) is 4.62. The van der Waals surface area contributed by atoms with Crippen LogP contribution in [0.5, 0.6) is 0 Å². The van der Waals surface area contributed by atoms with Crippen LogP contribution in [0.1, 0.15) is 27.7 Å². The second kappa shape index (κ2) is 9.92. The van der Waals surface area contributed by atoms with Gasteiger partial charge in [-0.05, 0) is 7.05 Å². The molecule has 0 radical (unpaired) electrons. The first-order valence-electron chi connectivity index (χ1n) is 4.62. The molecule has 0 aliphatic carbocycles. The number of aliphatic hydroxyl groups excluding tert-OH is 1. The average molecular weight is 161 g/mol. The van der Waals surface area contributed by atoms with Crippen molar-refractivity contribution in [2.24, 2.45) is 5.92 Å². The summed E-state index contributed by atoms with van der Waals surface area (Å²) in [6, 6.07) is 0. The Balaban J connectivity index is 0. The molecule has 1 rings (SSSR count). The van der Waals surface area contributed by atoms with E-state index in [1.807, 2.05) is 27.7 Å². The van der Waals surface area contributed by atoms with Crippen LogP contribution in [-0.4, -0.2) is 36.8 Å². The Kier molecular flexibility index (Phi) is 12.2. The highest BCUT2D eigenvalue weighted by Gasteiger charge is 2.21. The molecule has 1 fully saturated rings. The molecule has 0 unspecified atom stereocenters. The molecule has 0 atom stereocenters. The Morgan fingerprint density at radius 3 is 1.64 bits per heavy atom. The highest BCUT2D eigenvalue weighted by Crippen LogP contribution is 2.09. The van der Waals surface area contributed by atoms with Crippen molar-refractivity contribution in [1.82, 2.24) is 4.90 Å². The van der Waals surface area contributed by atoms with Crippen molar-refractivity contribution in [3.63, 3.8) is 0 Å². The molecule has 0 saturated carbocycles. The van der Waals surface area contributed by atoms with Crippen molar-refractivity contribution in [2.75, 3.05) is 26.7 Å². The van der Waals surface area contributed by atoms with Crippen LogP contribution in [0.15, 0.2) is 0 Å². The lowest BCUT2D eigenvalue weighted by atomic mass is 10.0. The number of likely N-dealkylation sites (tertiary alicyclic amines) is 1. The summed E-state index contributed by atoms with van der Waals surface area (Å²) in [6.45, 7) is 10.5. The summed E-state index contributed by atoms with van der Waals surface area (Å²) in [5, 5.41) is 8.48. The van der Waals surface area contributed by atoms with E-state index in [2.05, 4.69) is 11.9 Å². The van der Waals surface area contributed by atoms with Crippen molar-refractivity contribution < 1.29 is 5.11 Å². The Hall–Kier alpha value is -0.0800. The van der Waals surface area contributed by atoms with E-state index in [9.17, 15) is 0 Å². The molecule has 70 valence electrons. The number of rotatable bonds is 1. The molecule has 0 bridgehead atoms. The van der Waals surface area contributed by atoms with Gasteiger partial charge in [0.05, 0.1) is 0 Å². The van der Waals surface area contributed by atoms with Gasteiger partial charge in [-0.15, -0.1) is 0 Å². The van der Waals surface area contributed by atoms with Crippen molar-refractivity contribution >= 4 is 0 Å². The van der Waals surface area contributed by atoms with Crippen molar-refractivity contribution in [3.05, 3.63) is 0 Å². The lowest BCUT2D eigenvalue weighted by Crippen LogP contribution is -2.45. The lowest BCUT2D eigenvalue weighted by Gasteiger charge is -2.34. The SMILES string of the molecule is CC.CC.CN1CC(CO)C1. The first-order chi connectivity index (χ1) is 5.33. The van der Waals surface area contributed by atoms with Crippen LogP contribution in [0.2, 0.25) is 0 Å². The van der Waals surface area contributed by atoms with Gasteiger partial charge in [-0.2, -0.15) is 0 Å². The zero-order valence-electron chi connectivity index (χ0n) is 8.59. The fourth-order valence-corrected chi connectivity index (χ4v) is 0.944. The summed E-state index contributed by atoms with van der Waals surface area (Å²) in [4.78, 5) is 2.20. The highest BCUT2D eigenvalue weighted by atomic mass is 16.3. The zero-order valence-corrected chi connectivity index (χ0v) is 8.59. The fraction of sp³-hybridized carbons (Fsp3) is 1.00. The van der Waals surface area contributed by atoms with Crippen molar-refractivity contribution in [3.8, 4) is 0 Å². The predicted molar refractivity (Wildman–Crippen MR) is 50.8 cm³/mol. The predicted octanol–water partition coefficient (Wildman–Crippen LogP) is 1.59. The number of nitrogens with zero attached hydrogens (tertiary/aromatic N) is 1. The van der Waals surface area contributed by atoms with Crippen molar-refractivity contribution in [2.45, 2.75) is 27.7 Å². The summed E-state index contributed by atoms with van der Waals surface area (Å²) in [6.07, 6.45) is 0. The molecule has 1 saturated heterocycles. The van der Waals surface area contributed by atoms with Gasteiger partial charge in [0.1, 0.15) is 0 Å². The Bertz CT molecular complexity index is 60.6. The van der Waals surface area contributed by atoms with Gasteiger partial charge in [0.15, 0.2) is 0 Å². The van der Waals surface area contributed by atoms with Gasteiger partial charge >= 0.3 is 0 Å². The van der Waals surface area contributed by atoms with E-state index >= 15 is 0 Å². The molecule has 1 heterocycles. The molecule has 0 aromatic heterocycles. The quantitative estimate of drug-likeness (QED) is 0.631. The molecular weight excluding hydrogens is 138 g/mol. The molecule has 2 nitrogen and oxygen atoms in total. The molecule has 1 aliphatic rings. The van der Waals surface area contributed by atoms with E-state index in [4.69, 9.17) is 5.11 Å². The standard InChI is InChI=1S/C5H11NO.2C2H6/c1-6-2-5(3-6)4-7;2*1-2/h5,7H,2-4H2,1H3;2*1-2H3. The van der Waals surface area contributed by atoms with Crippen LogP contribution in [0.4, 0.5) is 0 Å². The minimum Gasteiger partial charge on any atom is -0.396 e. The monoisotopic (exact) mass is 161 g/mol. The zero-order chi connectivity index (χ0) is 9.28. The fourth-order valence-electron chi connectivity index (χ4n) is 0.944. The maximum absolute atomic E-state index is 8.48. The Morgan fingerprint density at radius 1 is 1.18 bits per heavy atom. The second-order valence-electron chi connectivity index (χ2n) is 2.27. The summed E-state index contributed by atoms with van der Waals surface area (Å²) >= 11 is 0. The second-order valence-corrected chi connectivity index (χ2v) is 2.27. The molecule has 0 aromatic rings. The molecule has 11 heavy (non-hydrogen) atoms. The minimum atomic E-state index is 0.365. The third-order valence-electron chi connectivity index (χ3n) is 1.40. The van der Waals surface area contributed by atoms with Gasteiger partial charge < -0.3 is 10.0 Å². The molecule has 0 aromatic carbocycles. The van der Waals surface area contributed by atoms with E-state index in [0.717, 1.165) is 13.1 Å². The van der Waals surface area contributed by atoms with Crippen LogP contribution >= 0.6 is 0 Å². The number of hydrogen-bond donors (Lipinski definition) is 1. The van der Waals surface area contributed by atoms with Gasteiger partial charge in [0.25, 0.3) is 0 Å². The van der Waals surface area contributed by atoms with Gasteiger partial charge in [0.2, 0.25) is 0 Å². The average Bonchev–Trinajstić information content (AvgIpc) is 2.06. The van der Waals surface area contributed by atoms with Crippen LogP contribution in [-0.2, 0) is 0 Å². The lowest BCUT2D eigenvalue weighted by molar-refractivity contribution is 0.0760. The van der Waals surface area contributed by atoms with Crippen molar-refractivity contribution in [1.29, 1.82) is 0 Å². The van der Waals surface area contributed by atoms with Crippen LogP contribution in [0.25, 0.3) is 0 Å². The molecule has 1 aliphatic heterocycles. The van der Waals surface area contributed by atoms with E-state index in [1.54, 1.807) is 0 Å². The maximum atomic E-state index is 8.48. The van der Waals surface area contributed by atoms with E-state index in [1.165, 1.54) is 0 Å². The third-order valence-corrected chi connectivity index (χ3v) is 1.40. The Labute approximate surface area is 71.2 Å². The summed E-state index contributed by atoms with van der Waals surface area (Å²) in [7, 11) is 2.06. The van der Waals surface area contributed by atoms with E-state index in [0.29, 0.717) is 12.5 Å². The van der Waals surface area contributed by atoms with Crippen LogP contribution < -0.4 is 0 Å². The maximum Gasteiger partial charge on any atom is 0.0483 e. The van der Waals surface area contributed by atoms with Gasteiger partial charge in [-0.1, -0.05) is 27.7 Å². The summed E-state index contributed by atoms with van der Waals surface area (Å²) < 4.78 is 0. The molecule has 1 N–H and O–H groups in total. The van der Waals surface area contributed by atoms with Crippen LogP contribution in [0.3, 0.4) is 0 Å². The van der Waals surface area contributed by atoms with Gasteiger partial charge in [0, 0.05) is 25.6 Å². The number of aliphatic hydroxyl groups is 1. The molecular formula is C9H23NO. The summed E-state index contributed by atoms with van der Waals surface area (Å²) in [5.74, 6) is 0.574.